The van der Waals surface area contributed by atoms with Crippen molar-refractivity contribution in [1.82, 2.24) is 15.6 Å². The van der Waals surface area contributed by atoms with Crippen molar-refractivity contribution in [3.05, 3.63) is 71.4 Å². The van der Waals surface area contributed by atoms with Gasteiger partial charge in [0.15, 0.2) is 5.96 Å². The van der Waals surface area contributed by atoms with Gasteiger partial charge in [-0.3, -0.25) is 4.99 Å². The van der Waals surface area contributed by atoms with E-state index in [-0.39, 0.29) is 35.6 Å². The van der Waals surface area contributed by atoms with Crippen molar-refractivity contribution in [2.45, 2.75) is 13.0 Å². The van der Waals surface area contributed by atoms with E-state index in [2.05, 4.69) is 20.6 Å². The van der Waals surface area contributed by atoms with Crippen LogP contribution in [0.4, 0.5) is 8.78 Å². The number of benzene rings is 2. The molecule has 3 N–H and O–H groups in total. The van der Waals surface area contributed by atoms with Gasteiger partial charge in [0.25, 0.3) is 0 Å². The first-order valence-corrected chi connectivity index (χ1v) is 8.10. The summed E-state index contributed by atoms with van der Waals surface area (Å²) in [4.78, 5) is 7.26. The average molecular weight is 470 g/mol. The number of rotatable bonds is 5. The number of aromatic amines is 1. The molecule has 0 saturated carbocycles. The van der Waals surface area contributed by atoms with Gasteiger partial charge in [-0.1, -0.05) is 12.1 Å². The van der Waals surface area contributed by atoms with Gasteiger partial charge in [0, 0.05) is 37.2 Å². The molecule has 4 nitrogen and oxygen atoms in total. The number of aliphatic imine (C=N–C) groups is 1. The minimum atomic E-state index is -0.246. The molecule has 0 amide bonds. The van der Waals surface area contributed by atoms with E-state index in [1.54, 1.807) is 25.2 Å². The van der Waals surface area contributed by atoms with Gasteiger partial charge in [-0.2, -0.15) is 0 Å². The second kappa shape index (κ2) is 9.51. The summed E-state index contributed by atoms with van der Waals surface area (Å²) in [6.45, 7) is 1.25. The molecule has 0 saturated heterocycles. The summed E-state index contributed by atoms with van der Waals surface area (Å²) in [5.74, 6) is 0.185. The molecule has 0 aliphatic carbocycles. The lowest BCUT2D eigenvalue weighted by atomic mass is 10.1. The zero-order valence-corrected chi connectivity index (χ0v) is 16.7. The standard InChI is InChI=1S/C19H20F2N4.HI/c1-22-19(25-11-13-2-4-15(20)5-3-13)23-9-8-14-12-24-18-10-16(21)6-7-17(14)18;/h2-7,10,12,24H,8-9,11H2,1H3,(H2,22,23,25);1H. The Hall–Kier alpha value is -2.16. The number of aromatic nitrogens is 1. The Bertz CT molecular complexity index is 875. The fourth-order valence-corrected chi connectivity index (χ4v) is 2.69. The van der Waals surface area contributed by atoms with Crippen molar-refractivity contribution in [1.29, 1.82) is 0 Å². The molecule has 0 aliphatic heterocycles. The number of hydrogen-bond donors (Lipinski definition) is 3. The maximum absolute atomic E-state index is 13.2. The Morgan fingerprint density at radius 3 is 2.50 bits per heavy atom. The summed E-state index contributed by atoms with van der Waals surface area (Å²) < 4.78 is 26.1. The predicted molar refractivity (Wildman–Crippen MR) is 112 cm³/mol. The molecule has 0 fully saturated rings. The topological polar surface area (TPSA) is 52.2 Å². The highest BCUT2D eigenvalue weighted by molar-refractivity contribution is 14.0. The Morgan fingerprint density at radius 1 is 1.04 bits per heavy atom. The number of nitrogens with one attached hydrogen (secondary N) is 3. The first-order chi connectivity index (χ1) is 12.2. The van der Waals surface area contributed by atoms with Gasteiger partial charge in [-0.25, -0.2) is 8.78 Å². The molecule has 2 aromatic carbocycles. The molecule has 138 valence electrons. The zero-order chi connectivity index (χ0) is 17.6. The van der Waals surface area contributed by atoms with E-state index in [1.807, 2.05) is 6.20 Å². The van der Waals surface area contributed by atoms with Crippen LogP contribution in [-0.4, -0.2) is 24.5 Å². The highest BCUT2D eigenvalue weighted by atomic mass is 127. The summed E-state index contributed by atoms with van der Waals surface area (Å²) in [6, 6.07) is 11.1. The van der Waals surface area contributed by atoms with Crippen LogP contribution in [0.5, 0.6) is 0 Å². The van der Waals surface area contributed by atoms with E-state index in [9.17, 15) is 8.78 Å². The van der Waals surface area contributed by atoms with Crippen molar-refractivity contribution in [3.8, 4) is 0 Å². The lowest BCUT2D eigenvalue weighted by Crippen LogP contribution is -2.37. The lowest BCUT2D eigenvalue weighted by molar-refractivity contribution is 0.626. The second-order valence-corrected chi connectivity index (χ2v) is 5.73. The first-order valence-electron chi connectivity index (χ1n) is 8.10. The summed E-state index contributed by atoms with van der Waals surface area (Å²) >= 11 is 0. The van der Waals surface area contributed by atoms with Gasteiger partial charge in [0.2, 0.25) is 0 Å². The summed E-state index contributed by atoms with van der Waals surface area (Å²) in [5, 5.41) is 7.46. The summed E-state index contributed by atoms with van der Waals surface area (Å²) in [6.07, 6.45) is 2.68. The van der Waals surface area contributed by atoms with E-state index < -0.39 is 0 Å². The van der Waals surface area contributed by atoms with E-state index in [1.165, 1.54) is 24.3 Å². The normalized spacial score (nSPS) is 11.3. The number of fused-ring (bicyclic) bond motifs is 1. The van der Waals surface area contributed by atoms with Gasteiger partial charge in [-0.05, 0) is 47.9 Å². The molecule has 26 heavy (non-hydrogen) atoms. The van der Waals surface area contributed by atoms with Crippen LogP contribution in [0.1, 0.15) is 11.1 Å². The van der Waals surface area contributed by atoms with E-state index in [4.69, 9.17) is 0 Å². The van der Waals surface area contributed by atoms with Gasteiger partial charge < -0.3 is 15.6 Å². The number of H-pyrrole nitrogens is 1. The van der Waals surface area contributed by atoms with Crippen molar-refractivity contribution in [2.75, 3.05) is 13.6 Å². The van der Waals surface area contributed by atoms with E-state index in [0.29, 0.717) is 19.0 Å². The maximum atomic E-state index is 13.2. The van der Waals surface area contributed by atoms with Gasteiger partial charge in [0.1, 0.15) is 11.6 Å². The third-order valence-corrected chi connectivity index (χ3v) is 4.01. The van der Waals surface area contributed by atoms with Gasteiger partial charge >= 0.3 is 0 Å². The fourth-order valence-electron chi connectivity index (χ4n) is 2.69. The third kappa shape index (κ3) is 5.17. The largest absolute Gasteiger partial charge is 0.361 e. The molecular weight excluding hydrogens is 449 g/mol. The summed E-state index contributed by atoms with van der Waals surface area (Å²) in [7, 11) is 1.70. The Balaban J connectivity index is 0.00000243. The molecule has 0 spiro atoms. The van der Waals surface area contributed by atoms with E-state index >= 15 is 0 Å². The molecule has 1 aromatic heterocycles. The molecule has 3 rings (SSSR count). The highest BCUT2D eigenvalue weighted by Crippen LogP contribution is 2.19. The molecule has 7 heteroatoms. The lowest BCUT2D eigenvalue weighted by Gasteiger charge is -2.11. The predicted octanol–water partition coefficient (Wildman–Crippen LogP) is 3.97. The Kier molecular flexibility index (Phi) is 7.38. The van der Waals surface area contributed by atoms with Crippen LogP contribution in [0, 0.1) is 11.6 Å². The number of guanidine groups is 1. The van der Waals surface area contributed by atoms with Crippen molar-refractivity contribution in [2.24, 2.45) is 4.99 Å². The van der Waals surface area contributed by atoms with Crippen LogP contribution >= 0.6 is 24.0 Å². The highest BCUT2D eigenvalue weighted by Gasteiger charge is 2.05. The zero-order valence-electron chi connectivity index (χ0n) is 14.4. The van der Waals surface area contributed by atoms with Crippen molar-refractivity contribution in [3.63, 3.8) is 0 Å². The Morgan fingerprint density at radius 2 is 1.77 bits per heavy atom. The SMILES string of the molecule is CN=C(NCCc1c[nH]c2cc(F)ccc12)NCc1ccc(F)cc1.I. The molecule has 0 radical (unpaired) electrons. The van der Waals surface area contributed by atoms with Crippen LogP contribution < -0.4 is 10.6 Å². The van der Waals surface area contributed by atoms with Gasteiger partial charge in [0.05, 0.1) is 0 Å². The van der Waals surface area contributed by atoms with Crippen LogP contribution in [0.15, 0.2) is 53.7 Å². The quantitative estimate of drug-likeness (QED) is 0.300. The minimum Gasteiger partial charge on any atom is -0.361 e. The van der Waals surface area contributed by atoms with E-state index in [0.717, 1.165) is 28.5 Å². The fraction of sp³-hybridized carbons (Fsp3) is 0.211. The molecule has 0 unspecified atom stereocenters. The molecule has 1 heterocycles. The number of hydrogen-bond acceptors (Lipinski definition) is 1. The van der Waals surface area contributed by atoms with Crippen molar-refractivity contribution >= 4 is 40.8 Å². The number of nitrogens with zero attached hydrogens (tertiary/aromatic N) is 1. The van der Waals surface area contributed by atoms with Gasteiger partial charge in [-0.15, -0.1) is 24.0 Å². The molecule has 0 bridgehead atoms. The van der Waals surface area contributed by atoms with Crippen LogP contribution in [0.25, 0.3) is 10.9 Å². The third-order valence-electron chi connectivity index (χ3n) is 4.01. The van der Waals surface area contributed by atoms with Crippen molar-refractivity contribution < 1.29 is 8.78 Å². The second-order valence-electron chi connectivity index (χ2n) is 5.73. The smallest absolute Gasteiger partial charge is 0.191 e. The van der Waals surface area contributed by atoms with Crippen LogP contribution in [0.3, 0.4) is 0 Å². The summed E-state index contributed by atoms with van der Waals surface area (Å²) in [5.41, 5.74) is 2.90. The first kappa shape index (κ1) is 20.2. The average Bonchev–Trinajstić information content (AvgIpc) is 3.01. The Labute approximate surface area is 168 Å². The molecule has 0 atom stereocenters. The van der Waals surface area contributed by atoms with Crippen LogP contribution in [0.2, 0.25) is 0 Å². The number of halogens is 3. The minimum absolute atomic E-state index is 0. The van der Waals surface area contributed by atoms with Crippen LogP contribution in [-0.2, 0) is 13.0 Å². The molecule has 3 aromatic rings. The molecule has 0 aliphatic rings. The monoisotopic (exact) mass is 470 g/mol. The maximum Gasteiger partial charge on any atom is 0.191 e. The molecular formula is C19H21F2IN4.